The summed E-state index contributed by atoms with van der Waals surface area (Å²) < 4.78 is 0. The third-order valence-electron chi connectivity index (χ3n) is 5.05. The van der Waals surface area contributed by atoms with E-state index in [0.717, 1.165) is 12.3 Å². The predicted octanol–water partition coefficient (Wildman–Crippen LogP) is 4.16. The van der Waals surface area contributed by atoms with Gasteiger partial charge in [-0.1, -0.05) is 46.6 Å². The van der Waals surface area contributed by atoms with Crippen LogP contribution in [0.4, 0.5) is 0 Å². The smallest absolute Gasteiger partial charge is 0.246 e. The molecule has 1 aliphatic carbocycles. The van der Waals surface area contributed by atoms with Gasteiger partial charge in [-0.05, 0) is 43.1 Å². The average Bonchev–Trinajstić information content (AvgIpc) is 2.83. The van der Waals surface area contributed by atoms with Crippen LogP contribution >= 0.6 is 0 Å². The van der Waals surface area contributed by atoms with Gasteiger partial charge in [0.05, 0.1) is 0 Å². The fourth-order valence-corrected chi connectivity index (χ4v) is 4.09. The zero-order chi connectivity index (χ0) is 14.0. The maximum Gasteiger partial charge on any atom is 0.246 e. The first-order chi connectivity index (χ1) is 8.95. The summed E-state index contributed by atoms with van der Waals surface area (Å²) in [5, 5.41) is 0. The van der Waals surface area contributed by atoms with Crippen LogP contribution in [-0.4, -0.2) is 22.9 Å². The summed E-state index contributed by atoms with van der Waals surface area (Å²) in [4.78, 5) is 14.5. The second-order valence-corrected chi connectivity index (χ2v) is 7.37. The number of rotatable bonds is 2. The van der Waals surface area contributed by atoms with Crippen LogP contribution in [0.15, 0.2) is 12.7 Å². The molecule has 108 valence electrons. The van der Waals surface area contributed by atoms with Gasteiger partial charge in [-0.15, -0.1) is 0 Å². The molecule has 0 aromatic heterocycles. The van der Waals surface area contributed by atoms with E-state index in [1.54, 1.807) is 0 Å². The number of amides is 1. The van der Waals surface area contributed by atoms with E-state index in [2.05, 4.69) is 32.3 Å². The minimum atomic E-state index is 0.146. The van der Waals surface area contributed by atoms with Gasteiger partial charge in [-0.2, -0.15) is 0 Å². The number of carbonyl (C=O) groups is 1. The standard InChI is InChI=1S/C17H29NO/c1-5-16(19)18-14(13-9-7-6-8-10-13)11-12-15(18)17(2,3)4/h5,13-15H,1,6-12H2,2-4H3. The number of nitrogens with zero attached hydrogens (tertiary/aromatic N) is 1. The molecule has 1 amide bonds. The SMILES string of the molecule is C=CC(=O)N1C(C2CCCCC2)CCC1C(C)(C)C. The van der Waals surface area contributed by atoms with Crippen molar-refractivity contribution in [1.29, 1.82) is 0 Å². The van der Waals surface area contributed by atoms with Gasteiger partial charge in [-0.3, -0.25) is 4.79 Å². The number of hydrogen-bond acceptors (Lipinski definition) is 1. The second-order valence-electron chi connectivity index (χ2n) is 7.37. The Labute approximate surface area is 118 Å². The summed E-state index contributed by atoms with van der Waals surface area (Å²) in [6.07, 6.45) is 10.5. The molecule has 0 bridgehead atoms. The first-order valence-corrected chi connectivity index (χ1v) is 7.90. The van der Waals surface area contributed by atoms with Crippen molar-refractivity contribution in [1.82, 2.24) is 4.90 Å². The van der Waals surface area contributed by atoms with E-state index < -0.39 is 0 Å². The van der Waals surface area contributed by atoms with Crippen LogP contribution in [0.2, 0.25) is 0 Å². The molecule has 1 saturated carbocycles. The molecule has 0 aromatic carbocycles. The van der Waals surface area contributed by atoms with Crippen LogP contribution in [0, 0.1) is 11.3 Å². The van der Waals surface area contributed by atoms with Crippen molar-refractivity contribution in [3.8, 4) is 0 Å². The van der Waals surface area contributed by atoms with E-state index in [4.69, 9.17) is 0 Å². The Hall–Kier alpha value is -0.790. The minimum absolute atomic E-state index is 0.146. The summed E-state index contributed by atoms with van der Waals surface area (Å²) in [5.74, 6) is 0.873. The predicted molar refractivity (Wildman–Crippen MR) is 79.9 cm³/mol. The minimum Gasteiger partial charge on any atom is -0.332 e. The maximum absolute atomic E-state index is 12.3. The highest BCUT2D eigenvalue weighted by atomic mass is 16.2. The second kappa shape index (κ2) is 5.68. The topological polar surface area (TPSA) is 20.3 Å². The van der Waals surface area contributed by atoms with Crippen molar-refractivity contribution in [2.75, 3.05) is 0 Å². The van der Waals surface area contributed by atoms with Gasteiger partial charge >= 0.3 is 0 Å². The highest BCUT2D eigenvalue weighted by molar-refractivity contribution is 5.87. The summed E-state index contributed by atoms with van der Waals surface area (Å²) in [7, 11) is 0. The highest BCUT2D eigenvalue weighted by Crippen LogP contribution is 2.42. The normalized spacial score (nSPS) is 29.5. The zero-order valence-corrected chi connectivity index (χ0v) is 12.8. The Kier molecular flexibility index (Phi) is 4.37. The Morgan fingerprint density at radius 2 is 1.74 bits per heavy atom. The average molecular weight is 263 g/mol. The zero-order valence-electron chi connectivity index (χ0n) is 12.8. The molecule has 2 fully saturated rings. The maximum atomic E-state index is 12.3. The van der Waals surface area contributed by atoms with Gasteiger partial charge in [0.2, 0.25) is 5.91 Å². The first-order valence-electron chi connectivity index (χ1n) is 7.90. The molecule has 2 atom stereocenters. The lowest BCUT2D eigenvalue weighted by molar-refractivity contribution is -0.132. The van der Waals surface area contributed by atoms with Crippen LogP contribution in [0.1, 0.15) is 65.7 Å². The van der Waals surface area contributed by atoms with Crippen LogP contribution < -0.4 is 0 Å². The van der Waals surface area contributed by atoms with Crippen molar-refractivity contribution in [2.24, 2.45) is 11.3 Å². The molecular weight excluding hydrogens is 234 g/mol. The van der Waals surface area contributed by atoms with Crippen molar-refractivity contribution in [3.05, 3.63) is 12.7 Å². The van der Waals surface area contributed by atoms with E-state index in [1.807, 2.05) is 0 Å². The Bertz CT molecular complexity index is 336. The molecule has 1 aliphatic heterocycles. The van der Waals surface area contributed by atoms with Crippen molar-refractivity contribution < 1.29 is 4.79 Å². The molecule has 19 heavy (non-hydrogen) atoms. The van der Waals surface area contributed by atoms with Gasteiger partial charge in [0.1, 0.15) is 0 Å². The fourth-order valence-electron chi connectivity index (χ4n) is 4.09. The summed E-state index contributed by atoms with van der Waals surface area (Å²) >= 11 is 0. The van der Waals surface area contributed by atoms with Crippen LogP contribution in [0.3, 0.4) is 0 Å². The molecule has 2 nitrogen and oxygen atoms in total. The Balaban J connectivity index is 2.18. The quantitative estimate of drug-likeness (QED) is 0.685. The van der Waals surface area contributed by atoms with Crippen LogP contribution in [0.25, 0.3) is 0 Å². The molecular formula is C17H29NO. The van der Waals surface area contributed by atoms with Gasteiger partial charge in [-0.25, -0.2) is 0 Å². The number of likely N-dealkylation sites (tertiary alicyclic amines) is 1. The lowest BCUT2D eigenvalue weighted by atomic mass is 9.83. The fraction of sp³-hybridized carbons (Fsp3) is 0.824. The molecule has 0 aromatic rings. The summed E-state index contributed by atoms with van der Waals surface area (Å²) in [5.41, 5.74) is 0.169. The van der Waals surface area contributed by atoms with Gasteiger partial charge in [0.25, 0.3) is 0 Å². The Morgan fingerprint density at radius 1 is 1.11 bits per heavy atom. The lowest BCUT2D eigenvalue weighted by Gasteiger charge is -2.40. The third-order valence-corrected chi connectivity index (χ3v) is 5.05. The van der Waals surface area contributed by atoms with Crippen molar-refractivity contribution >= 4 is 5.91 Å². The van der Waals surface area contributed by atoms with E-state index in [-0.39, 0.29) is 11.3 Å². The molecule has 1 saturated heterocycles. The molecule has 2 unspecified atom stereocenters. The molecule has 0 spiro atoms. The van der Waals surface area contributed by atoms with Crippen LogP contribution in [-0.2, 0) is 4.79 Å². The van der Waals surface area contributed by atoms with E-state index in [1.165, 1.54) is 44.6 Å². The van der Waals surface area contributed by atoms with Crippen LogP contribution in [0.5, 0.6) is 0 Å². The molecule has 2 heteroatoms. The van der Waals surface area contributed by atoms with Crippen molar-refractivity contribution in [3.63, 3.8) is 0 Å². The highest BCUT2D eigenvalue weighted by Gasteiger charge is 2.44. The monoisotopic (exact) mass is 263 g/mol. The molecule has 0 N–H and O–H groups in total. The first kappa shape index (κ1) is 14.6. The van der Waals surface area contributed by atoms with Crippen molar-refractivity contribution in [2.45, 2.75) is 77.8 Å². The molecule has 0 radical (unpaired) electrons. The summed E-state index contributed by atoms with van der Waals surface area (Å²) in [6, 6.07) is 0.847. The summed E-state index contributed by atoms with van der Waals surface area (Å²) in [6.45, 7) is 10.5. The number of carbonyl (C=O) groups excluding carboxylic acids is 1. The molecule has 1 heterocycles. The molecule has 2 rings (SSSR count). The lowest BCUT2D eigenvalue weighted by Crippen LogP contribution is -2.48. The van der Waals surface area contributed by atoms with E-state index in [0.29, 0.717) is 12.1 Å². The van der Waals surface area contributed by atoms with E-state index in [9.17, 15) is 4.79 Å². The molecule has 2 aliphatic rings. The number of hydrogen-bond donors (Lipinski definition) is 0. The largest absolute Gasteiger partial charge is 0.332 e. The Morgan fingerprint density at radius 3 is 2.26 bits per heavy atom. The van der Waals surface area contributed by atoms with Gasteiger partial charge < -0.3 is 4.90 Å². The van der Waals surface area contributed by atoms with Gasteiger partial charge in [0, 0.05) is 12.1 Å². The third kappa shape index (κ3) is 3.04. The van der Waals surface area contributed by atoms with E-state index >= 15 is 0 Å². The van der Waals surface area contributed by atoms with Gasteiger partial charge in [0.15, 0.2) is 0 Å².